The fraction of sp³-hybridized carbons (Fsp3) is 0.271. The number of Topliss-reactive ketones (excluding diaryl/α,β-unsaturated/α-hetero) is 1. The summed E-state index contributed by atoms with van der Waals surface area (Å²) in [5, 5.41) is 14.4. The highest BCUT2D eigenvalue weighted by molar-refractivity contribution is 6.38. The Labute approximate surface area is 362 Å². The zero-order valence-corrected chi connectivity index (χ0v) is 34.4. The van der Waals surface area contributed by atoms with Crippen molar-refractivity contribution in [2.75, 3.05) is 20.2 Å². The zero-order chi connectivity index (χ0) is 43.6. The molecule has 4 aromatic carbocycles. The molecular weight excluding hydrogens is 801 g/mol. The number of nitrogens with one attached hydrogen (secondary N) is 4. The predicted octanol–water partition coefficient (Wildman–Crippen LogP) is 6.45. The van der Waals surface area contributed by atoms with Crippen LogP contribution in [0.15, 0.2) is 97.1 Å². The number of hydrogen-bond donors (Lipinski definition) is 5. The third-order valence-electron chi connectivity index (χ3n) is 12.0. The Morgan fingerprint density at radius 1 is 0.746 bits per heavy atom. The summed E-state index contributed by atoms with van der Waals surface area (Å²) in [6.07, 6.45) is 2.20. The second-order valence-corrected chi connectivity index (χ2v) is 15.9. The van der Waals surface area contributed by atoms with Crippen molar-refractivity contribution in [3.8, 4) is 23.1 Å². The number of carbonyl (C=O) groups is 5. The third-order valence-corrected chi connectivity index (χ3v) is 12.0. The monoisotopic (exact) mass is 844 g/mol. The first kappa shape index (κ1) is 40.7. The molecule has 2 saturated heterocycles. The molecular formula is C48H44N8O7. The topological polar surface area (TPSA) is 203 Å². The summed E-state index contributed by atoms with van der Waals surface area (Å²) >= 11 is 0. The first-order chi connectivity index (χ1) is 30.6. The molecule has 2 fully saturated rings. The first-order valence-electron chi connectivity index (χ1n) is 21.0. The molecule has 9 rings (SSSR count). The van der Waals surface area contributed by atoms with Crippen molar-refractivity contribution in [2.24, 2.45) is 0 Å². The van der Waals surface area contributed by atoms with Crippen LogP contribution >= 0.6 is 0 Å². The summed E-state index contributed by atoms with van der Waals surface area (Å²) in [5.41, 5.74) is 8.11. The molecule has 0 saturated carbocycles. The van der Waals surface area contributed by atoms with Gasteiger partial charge in [0.05, 0.1) is 35.9 Å². The van der Waals surface area contributed by atoms with E-state index in [4.69, 9.17) is 14.7 Å². The van der Waals surface area contributed by atoms with Crippen LogP contribution in [0.4, 0.5) is 9.59 Å². The molecule has 63 heavy (non-hydrogen) atoms. The van der Waals surface area contributed by atoms with Crippen LogP contribution in [0.3, 0.4) is 0 Å². The van der Waals surface area contributed by atoms with Crippen molar-refractivity contribution in [3.63, 3.8) is 0 Å². The average molecular weight is 845 g/mol. The minimum Gasteiger partial charge on any atom is -0.465 e. The molecule has 2 aromatic heterocycles. The Hall–Kier alpha value is -7.73. The lowest BCUT2D eigenvalue weighted by molar-refractivity contribution is -0.146. The van der Waals surface area contributed by atoms with E-state index in [0.717, 1.165) is 63.9 Å². The number of H-pyrrole nitrogens is 2. The van der Waals surface area contributed by atoms with Gasteiger partial charge >= 0.3 is 12.2 Å². The number of rotatable bonds is 9. The fourth-order valence-corrected chi connectivity index (χ4v) is 8.99. The second-order valence-electron chi connectivity index (χ2n) is 15.9. The van der Waals surface area contributed by atoms with Gasteiger partial charge in [0.1, 0.15) is 23.7 Å². The van der Waals surface area contributed by atoms with Crippen LogP contribution in [-0.2, 0) is 32.0 Å². The van der Waals surface area contributed by atoms with E-state index >= 15 is 0 Å². The van der Waals surface area contributed by atoms with E-state index in [2.05, 4.69) is 38.5 Å². The van der Waals surface area contributed by atoms with E-state index in [9.17, 15) is 29.1 Å². The van der Waals surface area contributed by atoms with Crippen molar-refractivity contribution in [1.82, 2.24) is 40.4 Å². The third kappa shape index (κ3) is 8.22. The predicted molar refractivity (Wildman–Crippen MR) is 231 cm³/mol. The molecule has 15 heteroatoms. The minimum absolute atomic E-state index is 0.234. The van der Waals surface area contributed by atoms with Crippen molar-refractivity contribution in [2.45, 2.75) is 62.7 Å². The Balaban J connectivity index is 0.899. The maximum absolute atomic E-state index is 14.0. The number of carboxylic acid groups (broad SMARTS) is 1. The molecule has 4 heterocycles. The maximum Gasteiger partial charge on any atom is 0.407 e. The summed E-state index contributed by atoms with van der Waals surface area (Å²) < 4.78 is 4.83. The lowest BCUT2D eigenvalue weighted by Crippen LogP contribution is -2.43. The molecule has 318 valence electrons. The zero-order valence-electron chi connectivity index (χ0n) is 34.4. The number of benzene rings is 4. The van der Waals surface area contributed by atoms with Crippen LogP contribution in [0.5, 0.6) is 0 Å². The molecule has 0 unspecified atom stereocenters. The lowest BCUT2D eigenvalue weighted by atomic mass is 9.91. The number of aromatic amines is 2. The number of ketones is 1. The number of ether oxygens (including phenoxy) is 1. The fourth-order valence-electron chi connectivity index (χ4n) is 8.99. The normalized spacial score (nSPS) is 17.5. The number of amides is 4. The summed E-state index contributed by atoms with van der Waals surface area (Å²) in [5.74, 6) is 6.07. The van der Waals surface area contributed by atoms with E-state index in [-0.39, 0.29) is 11.9 Å². The van der Waals surface area contributed by atoms with Crippen molar-refractivity contribution >= 4 is 40.8 Å². The van der Waals surface area contributed by atoms with E-state index < -0.39 is 42.0 Å². The van der Waals surface area contributed by atoms with Gasteiger partial charge in [0.15, 0.2) is 0 Å². The molecule has 4 atom stereocenters. The van der Waals surface area contributed by atoms with Crippen LogP contribution in [0.25, 0.3) is 22.3 Å². The quantitative estimate of drug-likeness (QED) is 0.0801. The Kier molecular flexibility index (Phi) is 11.2. The molecule has 1 aliphatic carbocycles. The van der Waals surface area contributed by atoms with Gasteiger partial charge in [-0.05, 0) is 85.5 Å². The lowest BCUT2D eigenvalue weighted by Gasteiger charge is -2.28. The van der Waals surface area contributed by atoms with Gasteiger partial charge in [-0.15, -0.1) is 0 Å². The number of imidazole rings is 2. The molecule has 5 N–H and O–H groups in total. The smallest absolute Gasteiger partial charge is 0.407 e. The molecule has 2 aliphatic heterocycles. The number of nitrogens with zero attached hydrogens (tertiary/aromatic N) is 4. The van der Waals surface area contributed by atoms with E-state index in [1.807, 2.05) is 48.5 Å². The van der Waals surface area contributed by atoms with Crippen LogP contribution in [0.2, 0.25) is 0 Å². The summed E-state index contributed by atoms with van der Waals surface area (Å²) in [6.45, 7) is 0.885. The number of hydrogen-bond acceptors (Lipinski definition) is 8. The van der Waals surface area contributed by atoms with Gasteiger partial charge in [0, 0.05) is 35.5 Å². The number of aromatic nitrogens is 4. The minimum atomic E-state index is -1.39. The SMILES string of the molecule is COC(=O)N[C@@H](C(=O)N1CCC[C@H]1c1nc2ccc(C#Cc3ccc4c(c3)CCc3[nH]c([C@@H]5CCCN5C(=O)C(=O)[C@H](NC(=O)O)c5ccccc5)nc3-4)cc2[nH]1)c1ccccc1. The highest BCUT2D eigenvalue weighted by Gasteiger charge is 2.40. The first-order valence-corrected chi connectivity index (χ1v) is 21.0. The van der Waals surface area contributed by atoms with Gasteiger partial charge in [-0.1, -0.05) is 78.6 Å². The number of fused-ring (bicyclic) bond motifs is 4. The summed E-state index contributed by atoms with van der Waals surface area (Å²) in [7, 11) is 1.27. The number of methoxy groups -OCH3 is 1. The summed E-state index contributed by atoms with van der Waals surface area (Å²) in [6, 6.07) is 26.4. The Morgan fingerprint density at radius 2 is 1.38 bits per heavy atom. The molecule has 4 amide bonds. The number of aryl methyl sites for hydroxylation is 2. The van der Waals surface area contributed by atoms with Gasteiger partial charge in [0.2, 0.25) is 5.78 Å². The van der Waals surface area contributed by atoms with Crippen LogP contribution in [-0.4, -0.2) is 84.8 Å². The van der Waals surface area contributed by atoms with E-state index in [1.165, 1.54) is 12.0 Å². The molecule has 0 radical (unpaired) electrons. The van der Waals surface area contributed by atoms with Gasteiger partial charge in [-0.2, -0.15) is 0 Å². The molecule has 15 nitrogen and oxygen atoms in total. The summed E-state index contributed by atoms with van der Waals surface area (Å²) in [4.78, 5) is 85.0. The van der Waals surface area contributed by atoms with Gasteiger partial charge < -0.3 is 40.2 Å². The van der Waals surface area contributed by atoms with E-state index in [1.54, 1.807) is 47.4 Å². The maximum atomic E-state index is 14.0. The molecule has 6 aromatic rings. The largest absolute Gasteiger partial charge is 0.465 e. The Bertz CT molecular complexity index is 2810. The molecule has 3 aliphatic rings. The van der Waals surface area contributed by atoms with Gasteiger partial charge in [0.25, 0.3) is 11.8 Å². The van der Waals surface area contributed by atoms with Crippen LogP contribution in [0.1, 0.15) is 95.0 Å². The Morgan fingerprint density at radius 3 is 2.08 bits per heavy atom. The highest BCUT2D eigenvalue weighted by atomic mass is 16.5. The number of carbonyl (C=O) groups excluding carboxylic acids is 4. The van der Waals surface area contributed by atoms with Crippen LogP contribution < -0.4 is 10.6 Å². The van der Waals surface area contributed by atoms with Crippen LogP contribution in [0, 0.1) is 11.8 Å². The second kappa shape index (κ2) is 17.3. The van der Waals surface area contributed by atoms with Gasteiger partial charge in [-0.25, -0.2) is 19.6 Å². The average Bonchev–Trinajstić information content (AvgIpc) is 4.15. The van der Waals surface area contributed by atoms with Crippen molar-refractivity contribution in [1.29, 1.82) is 0 Å². The standard InChI is InChI=1S/C48H44N8O7/c1-63-48(62)54-40(31-12-6-3-7-13-31)45(58)55-24-8-14-37(55)43-49-34-22-19-29(27-36(34)51-43)17-16-28-18-21-33-32(26-28)20-23-35-41(33)52-44(50-35)38-15-9-25-56(38)46(59)42(57)39(53-47(60)61)30-10-4-2-5-11-30/h2-7,10-13,18-19,21-22,26-27,37-40,53H,8-9,14-15,20,23-25H2,1H3,(H,49,51)(H,50,52)(H,54,62)(H,60,61)/t37-,38-,39+,40+/m0/s1. The molecule has 0 bridgehead atoms. The van der Waals surface area contributed by atoms with Crippen molar-refractivity contribution in [3.05, 3.63) is 142 Å². The number of alkyl carbamates (subject to hydrolysis) is 1. The van der Waals surface area contributed by atoms with Crippen molar-refractivity contribution < 1.29 is 33.8 Å². The molecule has 0 spiro atoms. The van der Waals surface area contributed by atoms with E-state index in [0.29, 0.717) is 55.1 Å². The number of likely N-dealkylation sites (tertiary alicyclic amines) is 2. The highest BCUT2D eigenvalue weighted by Crippen LogP contribution is 2.38. The van der Waals surface area contributed by atoms with Gasteiger partial charge in [-0.3, -0.25) is 14.4 Å².